The molecule has 1 fully saturated rings. The lowest BCUT2D eigenvalue weighted by Crippen LogP contribution is -2.36. The molecule has 1 saturated carbocycles. The zero-order valence-corrected chi connectivity index (χ0v) is 22.5. The van der Waals surface area contributed by atoms with Crippen molar-refractivity contribution in [1.82, 2.24) is 14.5 Å². The minimum Gasteiger partial charge on any atom is -0.505 e. The number of unbranched alkanes of at least 4 members (excludes halogenated alkanes) is 1. The Morgan fingerprint density at radius 1 is 1.20 bits per heavy atom. The molecular formula is C26H35N5O2S2. The maximum Gasteiger partial charge on any atom is 0.281 e. The van der Waals surface area contributed by atoms with Crippen molar-refractivity contribution < 1.29 is 5.11 Å². The van der Waals surface area contributed by atoms with Gasteiger partial charge in [-0.25, -0.2) is 9.67 Å². The van der Waals surface area contributed by atoms with Crippen LogP contribution in [0.3, 0.4) is 0 Å². The van der Waals surface area contributed by atoms with E-state index in [0.717, 1.165) is 22.6 Å². The van der Waals surface area contributed by atoms with Crippen LogP contribution in [0.1, 0.15) is 65.4 Å². The Morgan fingerprint density at radius 3 is 2.54 bits per heavy atom. The van der Waals surface area contributed by atoms with Crippen LogP contribution >= 0.6 is 23.3 Å². The van der Waals surface area contributed by atoms with Gasteiger partial charge in [0.05, 0.1) is 15.5 Å². The Balaban J connectivity index is 0.000000521. The second-order valence-corrected chi connectivity index (χ2v) is 10.0. The first-order valence-corrected chi connectivity index (χ1v) is 14.0. The number of benzene rings is 1. The maximum absolute atomic E-state index is 13.2. The highest BCUT2D eigenvalue weighted by Gasteiger charge is 2.27. The minimum atomic E-state index is -0.333. The van der Waals surface area contributed by atoms with Crippen molar-refractivity contribution in [3.8, 4) is 16.3 Å². The van der Waals surface area contributed by atoms with Crippen molar-refractivity contribution in [2.45, 2.75) is 71.2 Å². The molecule has 1 aliphatic carbocycles. The summed E-state index contributed by atoms with van der Waals surface area (Å²) >= 11 is 2.80. The summed E-state index contributed by atoms with van der Waals surface area (Å²) < 4.78 is 4.58. The van der Waals surface area contributed by atoms with E-state index in [0.29, 0.717) is 35.4 Å². The molecule has 9 heteroatoms. The number of nitrogens with one attached hydrogen (secondary N) is 1. The van der Waals surface area contributed by atoms with Crippen LogP contribution < -0.4 is 16.0 Å². The van der Waals surface area contributed by atoms with E-state index in [1.54, 1.807) is 6.07 Å². The van der Waals surface area contributed by atoms with E-state index in [1.165, 1.54) is 47.2 Å². The Bertz CT molecular complexity index is 1200. The Morgan fingerprint density at radius 2 is 1.94 bits per heavy atom. The molecule has 0 bridgehead atoms. The number of aromatic hydroxyl groups is 1. The van der Waals surface area contributed by atoms with E-state index in [-0.39, 0.29) is 16.9 Å². The highest BCUT2D eigenvalue weighted by molar-refractivity contribution is 7.98. The molecule has 0 atom stereocenters. The van der Waals surface area contributed by atoms with Gasteiger partial charge in [0.15, 0.2) is 11.6 Å². The van der Waals surface area contributed by atoms with E-state index in [9.17, 15) is 9.90 Å². The number of hydrogen-bond acceptors (Lipinski definition) is 8. The van der Waals surface area contributed by atoms with Crippen molar-refractivity contribution in [3.63, 3.8) is 0 Å². The summed E-state index contributed by atoms with van der Waals surface area (Å²) in [6, 6.07) is 9.19. The highest BCUT2D eigenvalue weighted by atomic mass is 32.2. The van der Waals surface area contributed by atoms with E-state index in [1.807, 2.05) is 43.5 Å². The third-order valence-corrected chi connectivity index (χ3v) is 7.47. The molecule has 3 aromatic rings. The molecule has 0 spiro atoms. The number of amidine groups is 1. The fourth-order valence-electron chi connectivity index (χ4n) is 3.46. The van der Waals surface area contributed by atoms with Gasteiger partial charge in [0.25, 0.3) is 5.56 Å². The van der Waals surface area contributed by atoms with E-state index >= 15 is 0 Å². The largest absolute Gasteiger partial charge is 0.505 e. The first-order valence-electron chi connectivity index (χ1n) is 12.3. The lowest BCUT2D eigenvalue weighted by Gasteiger charge is -2.26. The van der Waals surface area contributed by atoms with Gasteiger partial charge in [0.2, 0.25) is 0 Å². The number of nitrogens with two attached hydrogens (primary N) is 1. The third kappa shape index (κ3) is 6.27. The first-order chi connectivity index (χ1) is 17.0. The van der Waals surface area contributed by atoms with Crippen LogP contribution in [-0.2, 0) is 6.54 Å². The summed E-state index contributed by atoms with van der Waals surface area (Å²) in [7, 11) is 0. The molecule has 0 radical (unpaired) electrons. The van der Waals surface area contributed by atoms with Gasteiger partial charge in [-0.3, -0.25) is 4.79 Å². The fraction of sp³-hybridized carbons (Fsp3) is 0.423. The molecule has 5 rings (SSSR count). The van der Waals surface area contributed by atoms with Crippen molar-refractivity contribution in [3.05, 3.63) is 51.6 Å². The SMILES string of the molecule is CC.CCCC.Nc1ccc2c(c1)SNC(c1c(O)c(-c3cccs3)nn(CC3CCC3)c1=O)=N2. The van der Waals surface area contributed by atoms with Gasteiger partial charge in [-0.1, -0.05) is 53.0 Å². The average molecular weight is 514 g/mol. The van der Waals surface area contributed by atoms with Gasteiger partial charge in [-0.2, -0.15) is 5.10 Å². The summed E-state index contributed by atoms with van der Waals surface area (Å²) in [5, 5.41) is 17.4. The predicted molar refractivity (Wildman–Crippen MR) is 149 cm³/mol. The topological polar surface area (TPSA) is 106 Å². The average Bonchev–Trinajstić information content (AvgIpc) is 3.39. The lowest BCUT2D eigenvalue weighted by molar-refractivity contribution is 0.261. The van der Waals surface area contributed by atoms with Crippen molar-refractivity contribution >= 4 is 40.5 Å². The Kier molecular flexibility index (Phi) is 9.80. The van der Waals surface area contributed by atoms with Gasteiger partial charge >= 0.3 is 0 Å². The lowest BCUT2D eigenvalue weighted by atomic mass is 9.85. The van der Waals surface area contributed by atoms with Gasteiger partial charge in [-0.15, -0.1) is 11.3 Å². The molecule has 7 nitrogen and oxygen atoms in total. The first kappa shape index (κ1) is 26.8. The molecule has 0 saturated heterocycles. The zero-order chi connectivity index (χ0) is 25.4. The summed E-state index contributed by atoms with van der Waals surface area (Å²) in [5.74, 6) is 0.637. The number of rotatable bonds is 5. The number of nitrogen functional groups attached to an aromatic ring is 1. The van der Waals surface area contributed by atoms with Crippen LogP contribution in [0.15, 0.2) is 50.4 Å². The van der Waals surface area contributed by atoms with Gasteiger partial charge in [0.1, 0.15) is 11.3 Å². The van der Waals surface area contributed by atoms with Crippen LogP contribution in [-0.4, -0.2) is 20.7 Å². The summed E-state index contributed by atoms with van der Waals surface area (Å²) in [4.78, 5) is 19.5. The van der Waals surface area contributed by atoms with Crippen LogP contribution in [0.4, 0.5) is 11.4 Å². The maximum atomic E-state index is 13.2. The summed E-state index contributed by atoms with van der Waals surface area (Å²) in [6.07, 6.45) is 6.03. The quantitative estimate of drug-likeness (QED) is 0.263. The Labute approximate surface area is 215 Å². The second kappa shape index (κ2) is 12.8. The predicted octanol–water partition coefficient (Wildman–Crippen LogP) is 6.58. The molecule has 35 heavy (non-hydrogen) atoms. The monoisotopic (exact) mass is 513 g/mol. The molecule has 2 aromatic heterocycles. The smallest absolute Gasteiger partial charge is 0.281 e. The number of nitrogens with zero attached hydrogens (tertiary/aromatic N) is 3. The van der Waals surface area contributed by atoms with Gasteiger partial charge in [0, 0.05) is 12.2 Å². The molecule has 188 valence electrons. The van der Waals surface area contributed by atoms with Crippen LogP contribution in [0, 0.1) is 5.92 Å². The minimum absolute atomic E-state index is 0.145. The number of thiophene rings is 1. The Hall–Kier alpha value is -2.78. The second-order valence-electron chi connectivity index (χ2n) is 8.23. The zero-order valence-electron chi connectivity index (χ0n) is 20.9. The standard InChI is InChI=1S/C20H19N5O2S2.C4H10.C2H6/c21-12-6-7-13-15(9-12)29-24-19(22-13)16-18(26)17(14-5-2-8-28-14)23-25(20(16)27)10-11-3-1-4-11;1-3-4-2;1-2/h2,5-9,11,26H,1,3-4,10,21H2,(H,22,24);3-4H2,1-2H3;1-2H3. The molecule has 0 unspecified atom stereocenters. The summed E-state index contributed by atoms with van der Waals surface area (Å²) in [6.45, 7) is 8.91. The molecular weight excluding hydrogens is 478 g/mol. The number of aliphatic imine (C=N–C) groups is 1. The number of fused-ring (bicyclic) bond motifs is 1. The van der Waals surface area contributed by atoms with Crippen LogP contribution in [0.25, 0.3) is 10.6 Å². The molecule has 0 amide bonds. The number of hydrogen-bond donors (Lipinski definition) is 3. The van der Waals surface area contributed by atoms with Crippen molar-refractivity contribution in [1.29, 1.82) is 0 Å². The number of anilines is 1. The molecule has 2 aliphatic rings. The third-order valence-electron chi connectivity index (χ3n) is 5.75. The molecule has 3 heterocycles. The van der Waals surface area contributed by atoms with Crippen molar-refractivity contribution in [2.75, 3.05) is 5.73 Å². The van der Waals surface area contributed by atoms with E-state index in [4.69, 9.17) is 5.73 Å². The van der Waals surface area contributed by atoms with Crippen molar-refractivity contribution in [2.24, 2.45) is 10.9 Å². The summed E-state index contributed by atoms with van der Waals surface area (Å²) in [5.41, 5.74) is 7.42. The molecule has 4 N–H and O–H groups in total. The molecule has 1 aliphatic heterocycles. The molecule has 1 aromatic carbocycles. The normalized spacial score (nSPS) is 14.2. The highest BCUT2D eigenvalue weighted by Crippen LogP contribution is 2.37. The van der Waals surface area contributed by atoms with Crippen LogP contribution in [0.2, 0.25) is 0 Å². The van der Waals surface area contributed by atoms with Gasteiger partial charge < -0.3 is 15.6 Å². The van der Waals surface area contributed by atoms with E-state index < -0.39 is 0 Å². The van der Waals surface area contributed by atoms with E-state index in [2.05, 4.69) is 28.7 Å². The van der Waals surface area contributed by atoms with Gasteiger partial charge in [-0.05, 0) is 60.4 Å². The van der Waals surface area contributed by atoms with Crippen LogP contribution in [0.5, 0.6) is 5.75 Å². The fourth-order valence-corrected chi connectivity index (χ4v) is 4.93. The number of aromatic nitrogens is 2.